The monoisotopic (exact) mass is 411 g/mol. The van der Waals surface area contributed by atoms with Crippen LogP contribution in [0, 0.1) is 6.92 Å². The first-order chi connectivity index (χ1) is 15.0. The van der Waals surface area contributed by atoms with Crippen molar-refractivity contribution in [2.45, 2.75) is 13.3 Å². The number of para-hydroxylation sites is 1. The van der Waals surface area contributed by atoms with Gasteiger partial charge in [-0.3, -0.25) is 14.7 Å². The molecule has 1 aromatic heterocycles. The molecule has 1 heterocycles. The van der Waals surface area contributed by atoms with Crippen LogP contribution in [0.25, 0.3) is 5.69 Å². The Bertz CT molecular complexity index is 1290. The quantitative estimate of drug-likeness (QED) is 0.465. The molecule has 154 valence electrons. The van der Waals surface area contributed by atoms with E-state index in [0.717, 1.165) is 11.3 Å². The number of carbonyl (C=O) groups is 1. The van der Waals surface area contributed by atoms with Crippen LogP contribution in [0.1, 0.15) is 22.4 Å². The first-order valence-electron chi connectivity index (χ1n) is 9.85. The number of aromatic nitrogens is 2. The van der Waals surface area contributed by atoms with Gasteiger partial charge in [0.15, 0.2) is 0 Å². The van der Waals surface area contributed by atoms with Crippen molar-refractivity contribution < 1.29 is 9.90 Å². The molecule has 0 fully saturated rings. The van der Waals surface area contributed by atoms with Gasteiger partial charge in [0, 0.05) is 11.3 Å². The summed E-state index contributed by atoms with van der Waals surface area (Å²) in [6, 6.07) is 25.9. The summed E-state index contributed by atoms with van der Waals surface area (Å²) >= 11 is 0. The Morgan fingerprint density at radius 1 is 0.935 bits per heavy atom. The van der Waals surface area contributed by atoms with Crippen LogP contribution in [0.4, 0.5) is 5.69 Å². The molecule has 6 heteroatoms. The van der Waals surface area contributed by atoms with E-state index in [1.807, 2.05) is 67.6 Å². The van der Waals surface area contributed by atoms with Crippen LogP contribution in [-0.4, -0.2) is 26.6 Å². The average Bonchev–Trinajstić information content (AvgIpc) is 3.08. The predicted molar refractivity (Wildman–Crippen MR) is 121 cm³/mol. The normalized spacial score (nSPS) is 11.5. The third-order valence-corrected chi connectivity index (χ3v) is 4.90. The SMILES string of the molecule is Cc1[nH]n(-c2ccccc2)c(=O)c1C(=Nc1ccc(CC(=O)O)cc1)c1ccccc1. The molecule has 0 amide bonds. The van der Waals surface area contributed by atoms with Gasteiger partial charge < -0.3 is 5.11 Å². The molecule has 0 atom stereocenters. The average molecular weight is 411 g/mol. The van der Waals surface area contributed by atoms with Crippen LogP contribution in [0.5, 0.6) is 0 Å². The van der Waals surface area contributed by atoms with Gasteiger partial charge in [0.05, 0.1) is 29.1 Å². The molecule has 0 saturated heterocycles. The summed E-state index contributed by atoms with van der Waals surface area (Å²) in [6.45, 7) is 1.85. The lowest BCUT2D eigenvalue weighted by atomic mass is 10.0. The van der Waals surface area contributed by atoms with Crippen molar-refractivity contribution in [2.24, 2.45) is 4.99 Å². The van der Waals surface area contributed by atoms with Crippen LogP contribution in [0.3, 0.4) is 0 Å². The number of hydrogen-bond acceptors (Lipinski definition) is 3. The first-order valence-corrected chi connectivity index (χ1v) is 9.85. The zero-order valence-corrected chi connectivity index (χ0v) is 16.9. The molecule has 0 aliphatic carbocycles. The van der Waals surface area contributed by atoms with Crippen molar-refractivity contribution in [1.82, 2.24) is 9.78 Å². The van der Waals surface area contributed by atoms with Gasteiger partial charge in [-0.05, 0) is 36.8 Å². The van der Waals surface area contributed by atoms with Crippen molar-refractivity contribution in [3.8, 4) is 5.69 Å². The number of hydrogen-bond donors (Lipinski definition) is 2. The van der Waals surface area contributed by atoms with E-state index in [2.05, 4.69) is 5.10 Å². The van der Waals surface area contributed by atoms with E-state index in [1.54, 1.807) is 24.3 Å². The van der Waals surface area contributed by atoms with Crippen LogP contribution in [0.15, 0.2) is 94.7 Å². The molecule has 0 bridgehead atoms. The number of aliphatic carboxylic acids is 1. The zero-order chi connectivity index (χ0) is 21.8. The highest BCUT2D eigenvalue weighted by Gasteiger charge is 2.19. The maximum atomic E-state index is 13.4. The summed E-state index contributed by atoms with van der Waals surface area (Å²) in [5.74, 6) is -0.884. The summed E-state index contributed by atoms with van der Waals surface area (Å²) in [6.07, 6.45) is -0.0474. The van der Waals surface area contributed by atoms with Crippen molar-refractivity contribution in [3.05, 3.63) is 118 Å². The van der Waals surface area contributed by atoms with Crippen LogP contribution in [0.2, 0.25) is 0 Å². The number of benzene rings is 3. The molecule has 2 N–H and O–H groups in total. The van der Waals surface area contributed by atoms with E-state index in [0.29, 0.717) is 28.2 Å². The number of carboxylic acid groups (broad SMARTS) is 1. The molecular formula is C25H21N3O3. The van der Waals surface area contributed by atoms with Gasteiger partial charge in [-0.1, -0.05) is 60.7 Å². The molecule has 31 heavy (non-hydrogen) atoms. The zero-order valence-electron chi connectivity index (χ0n) is 16.9. The fourth-order valence-corrected chi connectivity index (χ4v) is 3.44. The molecule has 4 aromatic rings. The number of aromatic amines is 1. The van der Waals surface area contributed by atoms with Gasteiger partial charge >= 0.3 is 5.97 Å². The lowest BCUT2D eigenvalue weighted by Gasteiger charge is -2.06. The molecule has 0 unspecified atom stereocenters. The molecule has 4 rings (SSSR count). The van der Waals surface area contributed by atoms with Gasteiger partial charge in [-0.15, -0.1) is 0 Å². The van der Waals surface area contributed by atoms with E-state index in [1.165, 1.54) is 4.68 Å². The van der Waals surface area contributed by atoms with Crippen molar-refractivity contribution >= 4 is 17.4 Å². The lowest BCUT2D eigenvalue weighted by molar-refractivity contribution is -0.136. The van der Waals surface area contributed by atoms with Crippen LogP contribution >= 0.6 is 0 Å². The number of rotatable bonds is 6. The second-order valence-electron chi connectivity index (χ2n) is 7.15. The van der Waals surface area contributed by atoms with E-state index in [-0.39, 0.29) is 12.0 Å². The standard InChI is InChI=1S/C25H21N3O3/c1-17-23(25(31)28(27-17)21-10-6-3-7-11-21)24(19-8-4-2-5-9-19)26-20-14-12-18(13-15-20)16-22(29)30/h2-15,27H,16H2,1H3,(H,29,30). The highest BCUT2D eigenvalue weighted by atomic mass is 16.4. The molecule has 0 aliphatic heterocycles. The largest absolute Gasteiger partial charge is 0.481 e. The maximum absolute atomic E-state index is 13.4. The Hall–Kier alpha value is -4.19. The summed E-state index contributed by atoms with van der Waals surface area (Å²) < 4.78 is 1.51. The van der Waals surface area contributed by atoms with Crippen molar-refractivity contribution in [2.75, 3.05) is 0 Å². The van der Waals surface area contributed by atoms with Crippen molar-refractivity contribution in [1.29, 1.82) is 0 Å². The van der Waals surface area contributed by atoms with Gasteiger partial charge in [0.2, 0.25) is 0 Å². The Balaban J connectivity index is 1.84. The first kappa shape index (κ1) is 20.1. The lowest BCUT2D eigenvalue weighted by Crippen LogP contribution is -2.21. The highest BCUT2D eigenvalue weighted by molar-refractivity contribution is 6.14. The minimum Gasteiger partial charge on any atom is -0.481 e. The minimum atomic E-state index is -0.884. The fraction of sp³-hybridized carbons (Fsp3) is 0.0800. The smallest absolute Gasteiger partial charge is 0.307 e. The van der Waals surface area contributed by atoms with E-state index in [9.17, 15) is 9.59 Å². The second kappa shape index (κ2) is 8.67. The summed E-state index contributed by atoms with van der Waals surface area (Å²) in [5.41, 5.74) is 4.46. The summed E-state index contributed by atoms with van der Waals surface area (Å²) in [5, 5.41) is 12.1. The third kappa shape index (κ3) is 4.38. The molecular weight excluding hydrogens is 390 g/mol. The molecule has 0 aliphatic rings. The number of H-pyrrole nitrogens is 1. The third-order valence-electron chi connectivity index (χ3n) is 4.90. The van der Waals surface area contributed by atoms with Crippen LogP contribution < -0.4 is 5.56 Å². The Kier molecular flexibility index (Phi) is 5.62. The van der Waals surface area contributed by atoms with E-state index < -0.39 is 5.97 Å². The number of aryl methyl sites for hydroxylation is 1. The van der Waals surface area contributed by atoms with E-state index in [4.69, 9.17) is 10.1 Å². The Morgan fingerprint density at radius 2 is 1.55 bits per heavy atom. The second-order valence-corrected chi connectivity index (χ2v) is 7.15. The van der Waals surface area contributed by atoms with Gasteiger partial charge in [0.1, 0.15) is 0 Å². The topological polar surface area (TPSA) is 87.5 Å². The maximum Gasteiger partial charge on any atom is 0.307 e. The number of nitrogens with zero attached hydrogens (tertiary/aromatic N) is 2. The number of aliphatic imine (C=N–C) groups is 1. The summed E-state index contributed by atoms with van der Waals surface area (Å²) in [4.78, 5) is 29.1. The molecule has 0 spiro atoms. The molecule has 3 aromatic carbocycles. The molecule has 0 radical (unpaired) electrons. The fourth-order valence-electron chi connectivity index (χ4n) is 3.44. The minimum absolute atomic E-state index is 0.0474. The van der Waals surface area contributed by atoms with Gasteiger partial charge in [-0.25, -0.2) is 9.67 Å². The summed E-state index contributed by atoms with van der Waals surface area (Å²) in [7, 11) is 0. The van der Waals surface area contributed by atoms with Gasteiger partial charge in [-0.2, -0.15) is 0 Å². The number of nitrogens with one attached hydrogen (secondary N) is 1. The van der Waals surface area contributed by atoms with Crippen LogP contribution in [-0.2, 0) is 11.2 Å². The predicted octanol–water partition coefficient (Wildman–Crippen LogP) is 4.27. The Morgan fingerprint density at radius 3 is 2.16 bits per heavy atom. The Labute approximate surface area is 179 Å². The number of carboxylic acids is 1. The van der Waals surface area contributed by atoms with Gasteiger partial charge in [0.25, 0.3) is 5.56 Å². The molecule has 6 nitrogen and oxygen atoms in total. The molecule has 0 saturated carbocycles. The van der Waals surface area contributed by atoms with E-state index >= 15 is 0 Å². The highest BCUT2D eigenvalue weighted by Crippen LogP contribution is 2.20. The van der Waals surface area contributed by atoms with Crippen molar-refractivity contribution in [3.63, 3.8) is 0 Å².